The molecule has 11 heteroatoms. The van der Waals surface area contributed by atoms with Crippen LogP contribution in [0.5, 0.6) is 0 Å². The Labute approximate surface area is 112 Å². The molecule has 1 aromatic rings. The minimum atomic E-state index is -2.17. The van der Waals surface area contributed by atoms with Crippen LogP contribution in [0.1, 0.15) is 19.5 Å². The summed E-state index contributed by atoms with van der Waals surface area (Å²) < 4.78 is 14.7. The van der Waals surface area contributed by atoms with Crippen molar-refractivity contribution in [3.63, 3.8) is 0 Å². The van der Waals surface area contributed by atoms with Gasteiger partial charge in [0.25, 0.3) is 5.82 Å². The van der Waals surface area contributed by atoms with E-state index in [9.17, 15) is 15.3 Å². The minimum absolute atomic E-state index is 0.0885. The van der Waals surface area contributed by atoms with E-state index in [2.05, 4.69) is 20.1 Å². The van der Waals surface area contributed by atoms with Gasteiger partial charge in [0.05, 0.1) is 0 Å². The molecule has 2 heterocycles. The molecule has 0 saturated carbocycles. The molecular formula is C9H13N5O6. The number of nitrogens with zero attached hydrogens (tertiary/aromatic N) is 5. The van der Waals surface area contributed by atoms with Crippen molar-refractivity contribution in [2.24, 2.45) is 5.11 Å². The van der Waals surface area contributed by atoms with Crippen LogP contribution in [-0.2, 0) is 9.47 Å². The van der Waals surface area contributed by atoms with Gasteiger partial charge in [0.15, 0.2) is 19.0 Å². The lowest BCUT2D eigenvalue weighted by Gasteiger charge is -2.34. The molecule has 1 aromatic heterocycles. The van der Waals surface area contributed by atoms with Gasteiger partial charge in [-0.2, -0.15) is 0 Å². The monoisotopic (exact) mass is 287 g/mol. The summed E-state index contributed by atoms with van der Waals surface area (Å²) in [4.78, 5) is 10.3. The first-order chi connectivity index (χ1) is 9.27. The first kappa shape index (κ1) is 14.3. The van der Waals surface area contributed by atoms with Crippen molar-refractivity contribution in [2.45, 2.75) is 32.2 Å². The number of ether oxygens (including phenoxy) is 2. The summed E-state index contributed by atoms with van der Waals surface area (Å²) in [6.07, 6.45) is 0. The van der Waals surface area contributed by atoms with Crippen molar-refractivity contribution < 1.29 is 23.9 Å². The molecule has 0 radical (unpaired) electrons. The van der Waals surface area contributed by atoms with E-state index in [-0.39, 0.29) is 16.4 Å². The van der Waals surface area contributed by atoms with Gasteiger partial charge < -0.3 is 14.7 Å². The molecule has 1 aliphatic heterocycles. The van der Waals surface area contributed by atoms with E-state index < -0.39 is 29.6 Å². The molecule has 11 nitrogen and oxygen atoms in total. The summed E-state index contributed by atoms with van der Waals surface area (Å²) in [5, 5.41) is 33.5. The van der Waals surface area contributed by atoms with E-state index in [1.807, 2.05) is 0 Å². The van der Waals surface area contributed by atoms with Crippen LogP contribution in [0.3, 0.4) is 0 Å². The minimum Gasteiger partial charge on any atom is -0.594 e. The number of hydroxylamine groups is 1. The highest BCUT2D eigenvalue weighted by Gasteiger charge is 2.60. The largest absolute Gasteiger partial charge is 0.594 e. The number of rotatable bonds is 3. The van der Waals surface area contributed by atoms with Crippen molar-refractivity contribution >= 4 is 5.82 Å². The predicted molar refractivity (Wildman–Crippen MR) is 60.5 cm³/mol. The van der Waals surface area contributed by atoms with Gasteiger partial charge in [0, 0.05) is 5.11 Å². The summed E-state index contributed by atoms with van der Waals surface area (Å²) in [7, 11) is 0. The van der Waals surface area contributed by atoms with Crippen molar-refractivity contribution in [3.05, 3.63) is 21.0 Å². The lowest BCUT2D eigenvalue weighted by molar-refractivity contribution is -0.825. The van der Waals surface area contributed by atoms with E-state index in [1.165, 1.54) is 6.92 Å². The molecule has 0 unspecified atom stereocenters. The number of nitro groups is 1. The lowest BCUT2D eigenvalue weighted by Crippen LogP contribution is -2.60. The van der Waals surface area contributed by atoms with Gasteiger partial charge in [-0.15, -0.1) is 0 Å². The molecule has 110 valence electrons. The van der Waals surface area contributed by atoms with Gasteiger partial charge in [0.2, 0.25) is 0 Å². The van der Waals surface area contributed by atoms with Crippen molar-refractivity contribution in [1.29, 1.82) is 0 Å². The molecule has 0 atom stereocenters. The fourth-order valence-corrected chi connectivity index (χ4v) is 1.44. The summed E-state index contributed by atoms with van der Waals surface area (Å²) >= 11 is 0. The second kappa shape index (κ2) is 4.76. The summed E-state index contributed by atoms with van der Waals surface area (Å²) in [6, 6.07) is 0. The fraction of sp³-hybridized carbons (Fsp3) is 0.778. The number of aryl methyl sites for hydroxylation is 1. The van der Waals surface area contributed by atoms with E-state index in [1.54, 1.807) is 13.8 Å². The fourth-order valence-electron chi connectivity index (χ4n) is 1.44. The molecule has 0 spiro atoms. The van der Waals surface area contributed by atoms with Gasteiger partial charge in [0.1, 0.15) is 10.6 Å². The smallest absolute Gasteiger partial charge is 0.484 e. The van der Waals surface area contributed by atoms with Gasteiger partial charge in [-0.3, -0.25) is 10.1 Å². The molecule has 0 aliphatic carbocycles. The quantitative estimate of drug-likeness (QED) is 0.260. The Balaban J connectivity index is 2.32. The third kappa shape index (κ3) is 2.44. The van der Waals surface area contributed by atoms with E-state index in [0.29, 0.717) is 0 Å². The molecular weight excluding hydrogens is 274 g/mol. The zero-order chi connectivity index (χ0) is 15.0. The number of hydrogen-bond acceptors (Lipinski definition) is 9. The maximum atomic E-state index is 12.0. The Morgan fingerprint density at radius 1 is 1.25 bits per heavy atom. The Morgan fingerprint density at radius 2 is 1.85 bits per heavy atom. The molecule has 20 heavy (non-hydrogen) atoms. The third-order valence-corrected chi connectivity index (χ3v) is 2.81. The topological polar surface area (TPSA) is 139 Å². The van der Waals surface area contributed by atoms with E-state index >= 15 is 0 Å². The molecule has 1 aliphatic rings. The van der Waals surface area contributed by atoms with Crippen LogP contribution in [0.25, 0.3) is 0 Å². The highest BCUT2D eigenvalue weighted by atomic mass is 16.7. The normalized spacial score (nSPS) is 21.6. The van der Waals surface area contributed by atoms with Gasteiger partial charge in [-0.1, -0.05) is 5.16 Å². The number of azo groups is 1. The SMILES string of the molecule is Cc1nonc1N=[N+]([O-])C1([N+](=O)[O-])COC(C)(C)OC1. The molecule has 2 rings (SSSR count). The highest BCUT2D eigenvalue weighted by Crippen LogP contribution is 2.27. The van der Waals surface area contributed by atoms with Crippen LogP contribution in [0.4, 0.5) is 5.82 Å². The zero-order valence-corrected chi connectivity index (χ0v) is 11.1. The lowest BCUT2D eigenvalue weighted by atomic mass is 10.2. The summed E-state index contributed by atoms with van der Waals surface area (Å²) in [6.45, 7) is 3.75. The van der Waals surface area contributed by atoms with Crippen LogP contribution >= 0.6 is 0 Å². The summed E-state index contributed by atoms with van der Waals surface area (Å²) in [5.74, 6) is -1.13. The maximum Gasteiger partial charge on any atom is 0.484 e. The Hall–Kier alpha value is -2.14. The van der Waals surface area contributed by atoms with Crippen molar-refractivity contribution in [3.8, 4) is 0 Å². The van der Waals surface area contributed by atoms with Crippen molar-refractivity contribution in [1.82, 2.24) is 10.3 Å². The molecule has 0 aromatic carbocycles. The standard InChI is InChI=1S/C9H13N5O6/c1-6-7(12-20-11-6)10-13(15)9(14(16)17)4-18-8(2,3)19-5-9/h4-5H2,1-3H3. The average molecular weight is 287 g/mol. The van der Waals surface area contributed by atoms with E-state index in [4.69, 9.17) is 9.47 Å². The van der Waals surface area contributed by atoms with E-state index in [0.717, 1.165) is 0 Å². The van der Waals surface area contributed by atoms with Crippen LogP contribution < -0.4 is 0 Å². The average Bonchev–Trinajstić information content (AvgIpc) is 2.75. The number of hydrogen-bond donors (Lipinski definition) is 0. The third-order valence-electron chi connectivity index (χ3n) is 2.81. The van der Waals surface area contributed by atoms with Gasteiger partial charge >= 0.3 is 5.66 Å². The second-order valence-corrected chi connectivity index (χ2v) is 4.76. The highest BCUT2D eigenvalue weighted by molar-refractivity contribution is 5.26. The van der Waals surface area contributed by atoms with Crippen LogP contribution in [-0.4, -0.2) is 44.8 Å². The summed E-state index contributed by atoms with van der Waals surface area (Å²) in [5.41, 5.74) is -1.93. The molecule has 1 fully saturated rings. The Kier molecular flexibility index (Phi) is 3.39. The second-order valence-electron chi connectivity index (χ2n) is 4.76. The molecule has 0 amide bonds. The van der Waals surface area contributed by atoms with Crippen LogP contribution in [0.2, 0.25) is 0 Å². The first-order valence-electron chi connectivity index (χ1n) is 5.67. The zero-order valence-electron chi connectivity index (χ0n) is 11.1. The molecule has 1 saturated heterocycles. The Bertz CT molecular complexity index is 543. The van der Waals surface area contributed by atoms with Gasteiger partial charge in [-0.05, 0) is 30.8 Å². The molecule has 0 N–H and O–H groups in total. The van der Waals surface area contributed by atoms with Gasteiger partial charge in [-0.25, -0.2) is 4.63 Å². The van der Waals surface area contributed by atoms with Crippen LogP contribution in [0, 0.1) is 22.2 Å². The predicted octanol–water partition coefficient (Wildman–Crippen LogP) is 0.728. The number of aromatic nitrogens is 2. The van der Waals surface area contributed by atoms with Crippen LogP contribution in [0.15, 0.2) is 9.74 Å². The first-order valence-corrected chi connectivity index (χ1v) is 5.67. The maximum absolute atomic E-state index is 12.0. The van der Waals surface area contributed by atoms with Crippen molar-refractivity contribution in [2.75, 3.05) is 13.2 Å². The molecule has 0 bridgehead atoms. The Morgan fingerprint density at radius 3 is 2.30 bits per heavy atom.